The summed E-state index contributed by atoms with van der Waals surface area (Å²) in [7, 11) is 0. The number of anilines is 1. The maximum atomic E-state index is 8.71. The number of rotatable bonds is 1. The van der Waals surface area contributed by atoms with Gasteiger partial charge in [-0.05, 0) is 12.1 Å². The summed E-state index contributed by atoms with van der Waals surface area (Å²) < 4.78 is 0. The summed E-state index contributed by atoms with van der Waals surface area (Å²) >= 11 is 0. The number of hydrogen-bond donors (Lipinski definition) is 1. The highest BCUT2D eigenvalue weighted by molar-refractivity contribution is 5.52. The molecule has 0 bridgehead atoms. The van der Waals surface area contributed by atoms with Gasteiger partial charge >= 0.3 is 0 Å². The van der Waals surface area contributed by atoms with Gasteiger partial charge in [0.25, 0.3) is 0 Å². The summed E-state index contributed by atoms with van der Waals surface area (Å²) in [6, 6.07) is 12.1. The Balaban J connectivity index is 2.07. The highest BCUT2D eigenvalue weighted by Crippen LogP contribution is 2.24. The van der Waals surface area contributed by atoms with Gasteiger partial charge in [-0.3, -0.25) is 0 Å². The second-order valence-electron chi connectivity index (χ2n) is 3.46. The molecule has 1 aliphatic heterocycles. The van der Waals surface area contributed by atoms with Crippen LogP contribution in [0.5, 0.6) is 0 Å². The van der Waals surface area contributed by atoms with Gasteiger partial charge in [-0.1, -0.05) is 18.2 Å². The maximum Gasteiger partial charge on any atom is 0.139 e. The SMILES string of the molecule is N#CC1(N)CN(c2ccccc2)C1. The molecule has 1 aromatic rings. The van der Waals surface area contributed by atoms with Gasteiger partial charge in [-0.2, -0.15) is 5.26 Å². The van der Waals surface area contributed by atoms with E-state index in [9.17, 15) is 0 Å². The molecule has 0 atom stereocenters. The van der Waals surface area contributed by atoms with Gasteiger partial charge in [0.05, 0.1) is 19.2 Å². The van der Waals surface area contributed by atoms with E-state index < -0.39 is 5.54 Å². The van der Waals surface area contributed by atoms with Crippen LogP contribution in [0.4, 0.5) is 5.69 Å². The lowest BCUT2D eigenvalue weighted by atomic mass is 9.92. The normalized spacial score (nSPS) is 18.9. The second-order valence-corrected chi connectivity index (χ2v) is 3.46. The fourth-order valence-corrected chi connectivity index (χ4v) is 1.53. The first-order valence-electron chi connectivity index (χ1n) is 4.24. The van der Waals surface area contributed by atoms with Crippen molar-refractivity contribution in [1.29, 1.82) is 5.26 Å². The van der Waals surface area contributed by atoms with Crippen molar-refractivity contribution in [3.8, 4) is 6.07 Å². The topological polar surface area (TPSA) is 53.1 Å². The molecule has 0 radical (unpaired) electrons. The van der Waals surface area contributed by atoms with Crippen LogP contribution < -0.4 is 10.6 Å². The smallest absolute Gasteiger partial charge is 0.139 e. The summed E-state index contributed by atoms with van der Waals surface area (Å²) in [6.45, 7) is 1.26. The minimum Gasteiger partial charge on any atom is -0.366 e. The Labute approximate surface area is 77.4 Å². The Kier molecular flexibility index (Phi) is 1.71. The lowest BCUT2D eigenvalue weighted by molar-refractivity contribution is 0.421. The zero-order valence-electron chi connectivity index (χ0n) is 7.27. The predicted octanol–water partition coefficient (Wildman–Crippen LogP) is 0.728. The molecule has 13 heavy (non-hydrogen) atoms. The minimum absolute atomic E-state index is 0.629. The van der Waals surface area contributed by atoms with Gasteiger partial charge in [0.2, 0.25) is 0 Å². The largest absolute Gasteiger partial charge is 0.366 e. The van der Waals surface area contributed by atoms with Crippen molar-refractivity contribution >= 4 is 5.69 Å². The van der Waals surface area contributed by atoms with E-state index in [0.29, 0.717) is 13.1 Å². The molecule has 0 unspecified atom stereocenters. The van der Waals surface area contributed by atoms with Crippen molar-refractivity contribution in [1.82, 2.24) is 0 Å². The number of para-hydroxylation sites is 1. The molecule has 1 aliphatic rings. The molecule has 0 saturated carbocycles. The van der Waals surface area contributed by atoms with Crippen molar-refractivity contribution in [3.63, 3.8) is 0 Å². The van der Waals surface area contributed by atoms with E-state index >= 15 is 0 Å². The number of nitrogens with zero attached hydrogens (tertiary/aromatic N) is 2. The molecule has 0 aliphatic carbocycles. The van der Waals surface area contributed by atoms with E-state index in [0.717, 1.165) is 5.69 Å². The molecule has 2 rings (SSSR count). The van der Waals surface area contributed by atoms with Crippen molar-refractivity contribution in [2.24, 2.45) is 5.73 Å². The van der Waals surface area contributed by atoms with Crippen molar-refractivity contribution in [2.45, 2.75) is 5.54 Å². The first-order chi connectivity index (χ1) is 6.23. The first-order valence-corrected chi connectivity index (χ1v) is 4.24. The Hall–Kier alpha value is -1.53. The van der Waals surface area contributed by atoms with Crippen LogP contribution in [-0.2, 0) is 0 Å². The monoisotopic (exact) mass is 173 g/mol. The molecule has 1 heterocycles. The summed E-state index contributed by atoms with van der Waals surface area (Å²) in [5.74, 6) is 0. The van der Waals surface area contributed by atoms with E-state index in [4.69, 9.17) is 11.0 Å². The molecule has 3 nitrogen and oxygen atoms in total. The number of nitrogens with two attached hydrogens (primary N) is 1. The summed E-state index contributed by atoms with van der Waals surface area (Å²) in [4.78, 5) is 2.10. The van der Waals surface area contributed by atoms with Crippen LogP contribution in [0.25, 0.3) is 0 Å². The van der Waals surface area contributed by atoms with Crippen molar-refractivity contribution in [3.05, 3.63) is 30.3 Å². The lowest BCUT2D eigenvalue weighted by Gasteiger charge is -2.44. The maximum absolute atomic E-state index is 8.71. The number of nitriles is 1. The van der Waals surface area contributed by atoms with Gasteiger partial charge in [-0.25, -0.2) is 0 Å². The molecular formula is C10H11N3. The molecule has 1 aromatic carbocycles. The zero-order valence-corrected chi connectivity index (χ0v) is 7.27. The van der Waals surface area contributed by atoms with Crippen LogP contribution in [0.2, 0.25) is 0 Å². The highest BCUT2D eigenvalue weighted by Gasteiger charge is 2.39. The number of benzene rings is 1. The van der Waals surface area contributed by atoms with E-state index in [2.05, 4.69) is 11.0 Å². The summed E-state index contributed by atoms with van der Waals surface area (Å²) in [6.07, 6.45) is 0. The molecule has 0 amide bonds. The van der Waals surface area contributed by atoms with E-state index in [1.54, 1.807) is 0 Å². The van der Waals surface area contributed by atoms with E-state index in [1.807, 2.05) is 30.3 Å². The molecule has 2 N–H and O–H groups in total. The first kappa shape index (κ1) is 8.09. The van der Waals surface area contributed by atoms with Crippen LogP contribution in [0.3, 0.4) is 0 Å². The third-order valence-electron chi connectivity index (χ3n) is 2.29. The standard InChI is InChI=1S/C10H11N3/c11-6-10(12)7-13(8-10)9-4-2-1-3-5-9/h1-5H,7-8,12H2. The molecule has 66 valence electrons. The predicted molar refractivity (Wildman–Crippen MR) is 51.2 cm³/mol. The van der Waals surface area contributed by atoms with E-state index in [1.165, 1.54) is 0 Å². The average molecular weight is 173 g/mol. The lowest BCUT2D eigenvalue weighted by Crippen LogP contribution is -2.66. The molecular weight excluding hydrogens is 162 g/mol. The Bertz CT molecular complexity index is 333. The van der Waals surface area contributed by atoms with Crippen LogP contribution in [0.1, 0.15) is 0 Å². The Morgan fingerprint density at radius 2 is 1.92 bits per heavy atom. The third-order valence-corrected chi connectivity index (χ3v) is 2.29. The van der Waals surface area contributed by atoms with Crippen LogP contribution in [-0.4, -0.2) is 18.6 Å². The quantitative estimate of drug-likeness (QED) is 0.681. The molecule has 3 heteroatoms. The summed E-state index contributed by atoms with van der Waals surface area (Å²) in [5.41, 5.74) is 6.24. The fraction of sp³-hybridized carbons (Fsp3) is 0.300. The molecule has 1 fully saturated rings. The second kappa shape index (κ2) is 2.75. The highest BCUT2D eigenvalue weighted by atomic mass is 15.2. The van der Waals surface area contributed by atoms with Crippen molar-refractivity contribution < 1.29 is 0 Å². The van der Waals surface area contributed by atoms with Gasteiger partial charge in [0.1, 0.15) is 5.54 Å². The summed E-state index contributed by atoms with van der Waals surface area (Å²) in [5, 5.41) is 8.71. The van der Waals surface area contributed by atoms with Gasteiger partial charge in [-0.15, -0.1) is 0 Å². The molecule has 0 spiro atoms. The zero-order chi connectivity index (χ0) is 9.31. The van der Waals surface area contributed by atoms with E-state index in [-0.39, 0.29) is 0 Å². The third kappa shape index (κ3) is 1.36. The van der Waals surface area contributed by atoms with Crippen LogP contribution >= 0.6 is 0 Å². The fourth-order valence-electron chi connectivity index (χ4n) is 1.53. The Morgan fingerprint density at radius 1 is 1.31 bits per heavy atom. The molecule has 0 aromatic heterocycles. The Morgan fingerprint density at radius 3 is 2.46 bits per heavy atom. The van der Waals surface area contributed by atoms with Gasteiger partial charge in [0.15, 0.2) is 0 Å². The van der Waals surface area contributed by atoms with Gasteiger partial charge < -0.3 is 10.6 Å². The van der Waals surface area contributed by atoms with Crippen molar-refractivity contribution in [2.75, 3.05) is 18.0 Å². The van der Waals surface area contributed by atoms with Crippen LogP contribution in [0, 0.1) is 11.3 Å². The molecule has 1 saturated heterocycles. The van der Waals surface area contributed by atoms with Crippen LogP contribution in [0.15, 0.2) is 30.3 Å². The minimum atomic E-state index is -0.629. The van der Waals surface area contributed by atoms with Gasteiger partial charge in [0, 0.05) is 5.69 Å². The number of hydrogen-bond acceptors (Lipinski definition) is 3. The average Bonchev–Trinajstić information content (AvgIpc) is 2.14.